The summed E-state index contributed by atoms with van der Waals surface area (Å²) in [5.74, 6) is 0.600. The van der Waals surface area contributed by atoms with E-state index < -0.39 is 10.0 Å². The van der Waals surface area contributed by atoms with E-state index in [1.807, 2.05) is 12.1 Å². The summed E-state index contributed by atoms with van der Waals surface area (Å²) in [5.41, 5.74) is 1.82. The van der Waals surface area contributed by atoms with Crippen molar-refractivity contribution in [3.63, 3.8) is 0 Å². The van der Waals surface area contributed by atoms with Crippen LogP contribution in [0, 0.1) is 0 Å². The van der Waals surface area contributed by atoms with Gasteiger partial charge in [-0.2, -0.15) is 0 Å². The van der Waals surface area contributed by atoms with Crippen LogP contribution in [0.2, 0.25) is 0 Å². The lowest BCUT2D eigenvalue weighted by atomic mass is 10.2. The van der Waals surface area contributed by atoms with Crippen LogP contribution in [0.5, 0.6) is 11.5 Å². The number of thiazole rings is 1. The fourth-order valence-corrected chi connectivity index (χ4v) is 4.80. The number of nitrogens with one attached hydrogen (secondary N) is 2. The van der Waals surface area contributed by atoms with Gasteiger partial charge in [0, 0.05) is 23.6 Å². The minimum atomic E-state index is -4.00. The Morgan fingerprint density at radius 2 is 1.90 bits per heavy atom. The first kappa shape index (κ1) is 21.6. The fraction of sp³-hybridized carbons (Fsp3) is 0.200. The van der Waals surface area contributed by atoms with Gasteiger partial charge in [-0.15, -0.1) is 11.3 Å². The van der Waals surface area contributed by atoms with Crippen LogP contribution in [0.4, 0.5) is 10.8 Å². The van der Waals surface area contributed by atoms with Gasteiger partial charge in [0.05, 0.1) is 19.4 Å². The monoisotopic (exact) mass is 447 g/mol. The molecule has 10 heteroatoms. The van der Waals surface area contributed by atoms with E-state index in [-0.39, 0.29) is 21.7 Å². The highest BCUT2D eigenvalue weighted by Gasteiger charge is 2.22. The number of amides is 1. The van der Waals surface area contributed by atoms with Crippen molar-refractivity contribution >= 4 is 38.1 Å². The second-order valence-electron chi connectivity index (χ2n) is 6.15. The Balaban J connectivity index is 1.89. The second kappa shape index (κ2) is 9.14. The number of benzene rings is 2. The summed E-state index contributed by atoms with van der Waals surface area (Å²) in [6.07, 6.45) is 0. The molecular formula is C20H21N3O5S2. The van der Waals surface area contributed by atoms with Gasteiger partial charge in [-0.1, -0.05) is 0 Å². The molecule has 2 N–H and O–H groups in total. The highest BCUT2D eigenvalue weighted by Crippen LogP contribution is 2.31. The van der Waals surface area contributed by atoms with E-state index in [4.69, 9.17) is 9.47 Å². The average molecular weight is 448 g/mol. The van der Waals surface area contributed by atoms with E-state index in [2.05, 4.69) is 15.0 Å². The molecule has 2 aromatic carbocycles. The van der Waals surface area contributed by atoms with Crippen molar-refractivity contribution in [2.24, 2.45) is 0 Å². The number of rotatable bonds is 8. The van der Waals surface area contributed by atoms with E-state index in [0.717, 1.165) is 11.3 Å². The van der Waals surface area contributed by atoms with Crippen LogP contribution in [0.25, 0.3) is 11.3 Å². The molecule has 0 aliphatic rings. The Kier molecular flexibility index (Phi) is 6.58. The molecule has 1 amide bonds. The van der Waals surface area contributed by atoms with Gasteiger partial charge in [0.15, 0.2) is 5.13 Å². The molecule has 0 spiro atoms. The highest BCUT2D eigenvalue weighted by atomic mass is 32.2. The molecule has 30 heavy (non-hydrogen) atoms. The van der Waals surface area contributed by atoms with Crippen LogP contribution < -0.4 is 19.5 Å². The van der Waals surface area contributed by atoms with Gasteiger partial charge >= 0.3 is 0 Å². The summed E-state index contributed by atoms with van der Waals surface area (Å²) < 4.78 is 39.1. The molecule has 0 saturated carbocycles. The number of hydrogen-bond acceptors (Lipinski definition) is 7. The maximum atomic E-state index is 13.0. The van der Waals surface area contributed by atoms with Gasteiger partial charge in [-0.25, -0.2) is 13.4 Å². The van der Waals surface area contributed by atoms with Gasteiger partial charge in [0.25, 0.3) is 10.0 Å². The zero-order valence-electron chi connectivity index (χ0n) is 16.6. The molecule has 158 valence electrons. The number of hydrogen-bond donors (Lipinski definition) is 2. The van der Waals surface area contributed by atoms with Crippen molar-refractivity contribution in [3.05, 3.63) is 47.8 Å². The number of sulfonamides is 1. The van der Waals surface area contributed by atoms with Crippen molar-refractivity contribution in [3.8, 4) is 22.8 Å². The molecule has 3 rings (SSSR count). The number of aromatic nitrogens is 1. The molecule has 0 fully saturated rings. The minimum absolute atomic E-state index is 0.0863. The van der Waals surface area contributed by atoms with Crippen LogP contribution in [0.1, 0.15) is 13.8 Å². The van der Waals surface area contributed by atoms with E-state index in [1.165, 1.54) is 30.4 Å². The van der Waals surface area contributed by atoms with Crippen molar-refractivity contribution in [2.75, 3.05) is 23.8 Å². The topological polar surface area (TPSA) is 107 Å². The van der Waals surface area contributed by atoms with Crippen molar-refractivity contribution in [1.29, 1.82) is 0 Å². The van der Waals surface area contributed by atoms with E-state index >= 15 is 0 Å². The number of carbonyl (C=O) groups is 1. The van der Waals surface area contributed by atoms with E-state index in [9.17, 15) is 13.2 Å². The Labute approximate surface area is 178 Å². The van der Waals surface area contributed by atoms with Crippen molar-refractivity contribution in [2.45, 2.75) is 18.7 Å². The van der Waals surface area contributed by atoms with Gasteiger partial charge < -0.3 is 14.8 Å². The van der Waals surface area contributed by atoms with Crippen LogP contribution in [-0.2, 0) is 14.8 Å². The summed E-state index contributed by atoms with van der Waals surface area (Å²) in [5, 5.41) is 4.55. The third kappa shape index (κ3) is 5.08. The Morgan fingerprint density at radius 1 is 1.17 bits per heavy atom. The maximum Gasteiger partial charge on any atom is 0.267 e. The number of anilines is 2. The normalized spacial score (nSPS) is 11.0. The fourth-order valence-electron chi connectivity index (χ4n) is 2.66. The molecule has 0 bridgehead atoms. The second-order valence-corrected chi connectivity index (χ2v) is 8.66. The molecule has 1 heterocycles. The molecule has 3 aromatic rings. The molecule has 8 nitrogen and oxygen atoms in total. The third-order valence-electron chi connectivity index (χ3n) is 3.97. The lowest BCUT2D eigenvalue weighted by molar-refractivity contribution is -0.114. The minimum Gasteiger partial charge on any atom is -0.497 e. The van der Waals surface area contributed by atoms with Crippen LogP contribution in [-0.4, -0.2) is 33.0 Å². The predicted octanol–water partition coefficient (Wildman–Crippen LogP) is 3.98. The smallest absolute Gasteiger partial charge is 0.267 e. The number of ether oxygens (including phenoxy) is 2. The SMILES string of the molecule is CCOc1ccc(NC(C)=O)cc1S(=O)(=O)Nc1nc(-c2ccc(OC)cc2)cs1. The van der Waals surface area contributed by atoms with Crippen LogP contribution in [0.3, 0.4) is 0 Å². The van der Waals surface area contributed by atoms with Crippen molar-refractivity contribution < 1.29 is 22.7 Å². The van der Waals surface area contributed by atoms with Gasteiger partial charge in [-0.3, -0.25) is 9.52 Å². The summed E-state index contributed by atoms with van der Waals surface area (Å²) in [4.78, 5) is 15.6. The number of methoxy groups -OCH3 is 1. The molecule has 0 aliphatic carbocycles. The predicted molar refractivity (Wildman–Crippen MR) is 117 cm³/mol. The molecule has 0 aliphatic heterocycles. The molecular weight excluding hydrogens is 426 g/mol. The number of nitrogens with zero attached hydrogens (tertiary/aromatic N) is 1. The van der Waals surface area contributed by atoms with Gasteiger partial charge in [0.1, 0.15) is 16.4 Å². The molecule has 0 unspecified atom stereocenters. The average Bonchev–Trinajstić information content (AvgIpc) is 3.16. The quantitative estimate of drug-likeness (QED) is 0.541. The summed E-state index contributed by atoms with van der Waals surface area (Å²) in [6.45, 7) is 3.40. The third-order valence-corrected chi connectivity index (χ3v) is 6.21. The molecule has 0 atom stereocenters. The van der Waals surface area contributed by atoms with Crippen LogP contribution in [0.15, 0.2) is 52.7 Å². The van der Waals surface area contributed by atoms with Gasteiger partial charge in [0.2, 0.25) is 5.91 Å². The first-order chi connectivity index (χ1) is 14.3. The molecule has 1 aromatic heterocycles. The Morgan fingerprint density at radius 3 is 2.53 bits per heavy atom. The lowest BCUT2D eigenvalue weighted by Gasteiger charge is -2.13. The summed E-state index contributed by atoms with van der Waals surface area (Å²) >= 11 is 1.17. The zero-order chi connectivity index (χ0) is 21.7. The van der Waals surface area contributed by atoms with E-state index in [1.54, 1.807) is 37.6 Å². The first-order valence-corrected chi connectivity index (χ1v) is 11.4. The highest BCUT2D eigenvalue weighted by molar-refractivity contribution is 7.93. The number of carbonyl (C=O) groups excluding carboxylic acids is 1. The first-order valence-electron chi connectivity index (χ1n) is 8.99. The van der Waals surface area contributed by atoms with E-state index in [0.29, 0.717) is 18.0 Å². The molecule has 0 radical (unpaired) electrons. The van der Waals surface area contributed by atoms with Crippen molar-refractivity contribution in [1.82, 2.24) is 4.98 Å². The van der Waals surface area contributed by atoms with Crippen LogP contribution >= 0.6 is 11.3 Å². The maximum absolute atomic E-state index is 13.0. The standard InChI is InChI=1S/C20H21N3O5S2/c1-4-28-18-10-7-15(21-13(2)24)11-19(18)30(25,26)23-20-22-17(12-29-20)14-5-8-16(27-3)9-6-14/h5-12H,4H2,1-3H3,(H,21,24)(H,22,23). The Bertz CT molecular complexity index is 1140. The summed E-state index contributed by atoms with van der Waals surface area (Å²) in [7, 11) is -2.42. The zero-order valence-corrected chi connectivity index (χ0v) is 18.3. The van der Waals surface area contributed by atoms with Gasteiger partial charge in [-0.05, 0) is 49.4 Å². The Hall–Kier alpha value is -3.11. The molecule has 0 saturated heterocycles. The largest absolute Gasteiger partial charge is 0.497 e. The lowest BCUT2D eigenvalue weighted by Crippen LogP contribution is -2.15. The summed E-state index contributed by atoms with van der Waals surface area (Å²) in [6, 6.07) is 11.7.